The van der Waals surface area contributed by atoms with E-state index in [9.17, 15) is 0 Å². The van der Waals surface area contributed by atoms with Gasteiger partial charge in [0.25, 0.3) is 0 Å². The fourth-order valence-electron chi connectivity index (χ4n) is 1.07. The summed E-state index contributed by atoms with van der Waals surface area (Å²) in [4.78, 5) is 0. The summed E-state index contributed by atoms with van der Waals surface area (Å²) < 4.78 is 0. The molecule has 0 spiro atoms. The third kappa shape index (κ3) is 2.79. The topological polar surface area (TPSA) is 35.8 Å². The van der Waals surface area contributed by atoms with Gasteiger partial charge in [-0.2, -0.15) is 5.26 Å². The Labute approximate surface area is 88.8 Å². The molecule has 0 atom stereocenters. The van der Waals surface area contributed by atoms with Gasteiger partial charge in [-0.3, -0.25) is 0 Å². The second kappa shape index (κ2) is 4.69. The molecule has 0 fully saturated rings. The van der Waals surface area contributed by atoms with Gasteiger partial charge in [-0.1, -0.05) is 24.2 Å². The summed E-state index contributed by atoms with van der Waals surface area (Å²) in [5.74, 6) is 0. The molecule has 0 aliphatic heterocycles. The summed E-state index contributed by atoms with van der Waals surface area (Å²) in [6, 6.07) is 7.58. The zero-order chi connectivity index (χ0) is 10.6. The molecule has 1 N–H and O–H groups in total. The molecule has 1 aromatic rings. The Bertz CT molecular complexity index is 391. The molecule has 0 saturated heterocycles. The van der Waals surface area contributed by atoms with E-state index in [0.29, 0.717) is 17.1 Å². The first kappa shape index (κ1) is 10.6. The Morgan fingerprint density at radius 1 is 1.64 bits per heavy atom. The molecule has 0 saturated carbocycles. The molecule has 0 aliphatic rings. The van der Waals surface area contributed by atoms with E-state index < -0.39 is 0 Å². The lowest BCUT2D eigenvalue weighted by molar-refractivity contribution is 1.28. The monoisotopic (exact) mass is 206 g/mol. The largest absolute Gasteiger partial charge is 0.380 e. The predicted octanol–water partition coefficient (Wildman–Crippen LogP) is 3.03. The summed E-state index contributed by atoms with van der Waals surface area (Å²) in [6.07, 6.45) is 0. The van der Waals surface area contributed by atoms with Crippen LogP contribution in [0.2, 0.25) is 0 Å². The van der Waals surface area contributed by atoms with Crippen LogP contribution in [0, 0.1) is 18.3 Å². The van der Waals surface area contributed by atoms with Crippen LogP contribution in [0.15, 0.2) is 29.8 Å². The molecule has 1 rings (SSSR count). The van der Waals surface area contributed by atoms with Crippen LogP contribution >= 0.6 is 11.6 Å². The number of nitrogens with zero attached hydrogens (tertiary/aromatic N) is 1. The van der Waals surface area contributed by atoms with E-state index in [1.165, 1.54) is 0 Å². The molecular weight excluding hydrogens is 196 g/mol. The lowest BCUT2D eigenvalue weighted by Gasteiger charge is -2.08. The zero-order valence-electron chi connectivity index (χ0n) is 7.97. The molecule has 0 unspecified atom stereocenters. The van der Waals surface area contributed by atoms with Gasteiger partial charge in [0.1, 0.15) is 0 Å². The molecule has 3 heteroatoms. The van der Waals surface area contributed by atoms with Gasteiger partial charge in [0.2, 0.25) is 0 Å². The first-order valence-corrected chi connectivity index (χ1v) is 4.59. The van der Waals surface area contributed by atoms with Crippen molar-refractivity contribution in [2.45, 2.75) is 6.92 Å². The van der Waals surface area contributed by atoms with Crippen molar-refractivity contribution in [3.05, 3.63) is 40.9 Å². The van der Waals surface area contributed by atoms with Crippen molar-refractivity contribution >= 4 is 17.3 Å². The smallest absolute Gasteiger partial charge is 0.0992 e. The molecule has 0 radical (unpaired) electrons. The van der Waals surface area contributed by atoms with Gasteiger partial charge >= 0.3 is 0 Å². The highest BCUT2D eigenvalue weighted by Crippen LogP contribution is 2.16. The highest BCUT2D eigenvalue weighted by atomic mass is 35.5. The van der Waals surface area contributed by atoms with Crippen LogP contribution in [0.5, 0.6) is 0 Å². The first-order valence-electron chi connectivity index (χ1n) is 4.21. The lowest BCUT2D eigenvalue weighted by Crippen LogP contribution is -2.02. The van der Waals surface area contributed by atoms with Crippen LogP contribution in [0.1, 0.15) is 11.1 Å². The van der Waals surface area contributed by atoms with E-state index in [1.54, 1.807) is 12.1 Å². The van der Waals surface area contributed by atoms with Gasteiger partial charge in [-0.05, 0) is 24.6 Å². The highest BCUT2D eigenvalue weighted by molar-refractivity contribution is 6.29. The number of aryl methyl sites for hydroxylation is 1. The molecule has 1 aromatic carbocycles. The molecule has 0 aromatic heterocycles. The average molecular weight is 207 g/mol. The van der Waals surface area contributed by atoms with Crippen molar-refractivity contribution in [2.75, 3.05) is 11.9 Å². The van der Waals surface area contributed by atoms with Crippen molar-refractivity contribution in [1.82, 2.24) is 0 Å². The number of rotatable bonds is 3. The maximum absolute atomic E-state index is 8.71. The van der Waals surface area contributed by atoms with Crippen molar-refractivity contribution < 1.29 is 0 Å². The molecule has 72 valence electrons. The van der Waals surface area contributed by atoms with Gasteiger partial charge in [0.05, 0.1) is 18.2 Å². The zero-order valence-corrected chi connectivity index (χ0v) is 8.73. The standard InChI is InChI=1S/C11H11ClN2/c1-8-3-4-10(6-13)5-11(8)14-7-9(2)12/h3-5,14H,2,7H2,1H3. The normalized spacial score (nSPS) is 9.21. The highest BCUT2D eigenvalue weighted by Gasteiger charge is 1.99. The third-order valence-electron chi connectivity index (χ3n) is 1.84. The van der Waals surface area contributed by atoms with Crippen LogP contribution in [0.25, 0.3) is 0 Å². The molecule has 0 heterocycles. The molecule has 0 aliphatic carbocycles. The van der Waals surface area contributed by atoms with E-state index in [1.807, 2.05) is 13.0 Å². The number of anilines is 1. The summed E-state index contributed by atoms with van der Waals surface area (Å²) in [7, 11) is 0. The third-order valence-corrected chi connectivity index (χ3v) is 1.97. The van der Waals surface area contributed by atoms with Gasteiger partial charge in [-0.25, -0.2) is 0 Å². The Morgan fingerprint density at radius 3 is 2.93 bits per heavy atom. The van der Waals surface area contributed by atoms with Gasteiger partial charge < -0.3 is 5.32 Å². The van der Waals surface area contributed by atoms with Gasteiger partial charge in [0.15, 0.2) is 0 Å². The van der Waals surface area contributed by atoms with Crippen LogP contribution in [0.3, 0.4) is 0 Å². The Balaban J connectivity index is 2.85. The van der Waals surface area contributed by atoms with E-state index in [4.69, 9.17) is 16.9 Å². The summed E-state index contributed by atoms with van der Waals surface area (Å²) in [6.45, 7) is 6.06. The maximum Gasteiger partial charge on any atom is 0.0992 e. The fourth-order valence-corrected chi connectivity index (χ4v) is 1.14. The minimum Gasteiger partial charge on any atom is -0.380 e. The van der Waals surface area contributed by atoms with Crippen LogP contribution in [0.4, 0.5) is 5.69 Å². The van der Waals surface area contributed by atoms with Crippen molar-refractivity contribution in [3.63, 3.8) is 0 Å². The number of nitrogens with one attached hydrogen (secondary N) is 1. The summed E-state index contributed by atoms with van der Waals surface area (Å²) >= 11 is 5.63. The number of halogens is 1. The number of hydrogen-bond donors (Lipinski definition) is 1. The Morgan fingerprint density at radius 2 is 2.36 bits per heavy atom. The molecule has 0 bridgehead atoms. The molecule has 2 nitrogen and oxygen atoms in total. The molecule has 0 amide bonds. The van der Waals surface area contributed by atoms with Crippen LogP contribution < -0.4 is 5.32 Å². The van der Waals surface area contributed by atoms with E-state index in [2.05, 4.69) is 18.0 Å². The average Bonchev–Trinajstić information content (AvgIpc) is 2.16. The van der Waals surface area contributed by atoms with E-state index in [-0.39, 0.29) is 0 Å². The quantitative estimate of drug-likeness (QED) is 0.825. The number of nitriles is 1. The van der Waals surface area contributed by atoms with E-state index >= 15 is 0 Å². The second-order valence-electron chi connectivity index (χ2n) is 3.01. The van der Waals surface area contributed by atoms with Gasteiger partial charge in [-0.15, -0.1) is 0 Å². The summed E-state index contributed by atoms with van der Waals surface area (Å²) in [5, 5.41) is 12.4. The minimum absolute atomic E-state index is 0.511. The lowest BCUT2D eigenvalue weighted by atomic mass is 10.1. The Hall–Kier alpha value is -1.46. The maximum atomic E-state index is 8.71. The van der Waals surface area contributed by atoms with Crippen molar-refractivity contribution in [3.8, 4) is 6.07 Å². The minimum atomic E-state index is 0.511. The van der Waals surface area contributed by atoms with Gasteiger partial charge in [0, 0.05) is 10.7 Å². The predicted molar refractivity (Wildman–Crippen MR) is 59.4 cm³/mol. The van der Waals surface area contributed by atoms with Crippen molar-refractivity contribution in [1.29, 1.82) is 5.26 Å². The number of benzene rings is 1. The summed E-state index contributed by atoms with van der Waals surface area (Å²) in [5.41, 5.74) is 2.64. The Kier molecular flexibility index (Phi) is 3.55. The number of hydrogen-bond acceptors (Lipinski definition) is 2. The van der Waals surface area contributed by atoms with E-state index in [0.717, 1.165) is 11.3 Å². The van der Waals surface area contributed by atoms with Crippen LogP contribution in [-0.4, -0.2) is 6.54 Å². The molecular formula is C11H11ClN2. The van der Waals surface area contributed by atoms with Crippen molar-refractivity contribution in [2.24, 2.45) is 0 Å². The first-order chi connectivity index (χ1) is 6.63. The van der Waals surface area contributed by atoms with Crippen LogP contribution in [-0.2, 0) is 0 Å². The second-order valence-corrected chi connectivity index (χ2v) is 3.55. The molecule has 14 heavy (non-hydrogen) atoms. The fraction of sp³-hybridized carbons (Fsp3) is 0.182. The SMILES string of the molecule is C=C(Cl)CNc1cc(C#N)ccc1C.